The van der Waals surface area contributed by atoms with Crippen LogP contribution < -0.4 is 15.4 Å². The van der Waals surface area contributed by atoms with E-state index in [0.717, 1.165) is 5.56 Å². The third kappa shape index (κ3) is 6.55. The Kier molecular flexibility index (Phi) is 8.82. The molecule has 0 saturated heterocycles. The van der Waals surface area contributed by atoms with E-state index in [0.29, 0.717) is 53.8 Å². The molecular weight excluding hydrogens is 500 g/mol. The first kappa shape index (κ1) is 28.1. The van der Waals surface area contributed by atoms with Gasteiger partial charge >= 0.3 is 6.03 Å². The highest BCUT2D eigenvalue weighted by atomic mass is 16.5. The molecule has 11 heteroatoms. The van der Waals surface area contributed by atoms with E-state index in [1.54, 1.807) is 49.3 Å². The number of aromatic nitrogens is 2. The van der Waals surface area contributed by atoms with E-state index in [4.69, 9.17) is 9.26 Å². The molecule has 208 valence electrons. The first-order valence-corrected chi connectivity index (χ1v) is 13.0. The summed E-state index contributed by atoms with van der Waals surface area (Å²) in [5.41, 5.74) is 2.83. The molecule has 1 aromatic carbocycles. The number of pyridine rings is 1. The van der Waals surface area contributed by atoms with Gasteiger partial charge in [-0.2, -0.15) is 0 Å². The van der Waals surface area contributed by atoms with Gasteiger partial charge in [-0.3, -0.25) is 14.7 Å². The van der Waals surface area contributed by atoms with Crippen LogP contribution in [0.15, 0.2) is 47.2 Å². The molecule has 1 aliphatic heterocycles. The Morgan fingerprint density at radius 3 is 2.64 bits per heavy atom. The number of hydrogen-bond donors (Lipinski definition) is 3. The number of nitrogens with zero attached hydrogens (tertiary/aromatic N) is 4. The van der Waals surface area contributed by atoms with E-state index in [9.17, 15) is 14.7 Å². The van der Waals surface area contributed by atoms with E-state index in [2.05, 4.69) is 25.7 Å². The molecule has 1 aliphatic rings. The number of urea groups is 1. The predicted molar refractivity (Wildman–Crippen MR) is 147 cm³/mol. The summed E-state index contributed by atoms with van der Waals surface area (Å²) in [6.45, 7) is 8.79. The van der Waals surface area contributed by atoms with E-state index < -0.39 is 6.03 Å². The molecule has 0 fully saturated rings. The van der Waals surface area contributed by atoms with Crippen LogP contribution in [0.4, 0.5) is 16.2 Å². The Hall–Kier alpha value is -3.96. The molecule has 3 atom stereocenters. The van der Waals surface area contributed by atoms with Gasteiger partial charge in [0.2, 0.25) is 0 Å². The number of nitrogens with one attached hydrogen (secondary N) is 2. The summed E-state index contributed by atoms with van der Waals surface area (Å²) < 4.78 is 11.7. The minimum Gasteiger partial charge on any atom is -0.486 e. The van der Waals surface area contributed by atoms with Crippen molar-refractivity contribution in [3.63, 3.8) is 0 Å². The second-order valence-corrected chi connectivity index (χ2v) is 10.1. The number of aryl methyl sites for hydroxylation is 2. The smallest absolute Gasteiger partial charge is 0.323 e. The summed E-state index contributed by atoms with van der Waals surface area (Å²) in [5, 5.41) is 19.4. The highest BCUT2D eigenvalue weighted by Gasteiger charge is 2.34. The number of carbonyl (C=O) groups is 2. The second-order valence-electron chi connectivity index (χ2n) is 10.1. The lowest BCUT2D eigenvalue weighted by Crippen LogP contribution is -2.49. The summed E-state index contributed by atoms with van der Waals surface area (Å²) in [7, 11) is 2.01. The Bertz CT molecular complexity index is 1280. The first-order valence-electron chi connectivity index (χ1n) is 13.0. The lowest BCUT2D eigenvalue weighted by atomic mass is 9.99. The quantitative estimate of drug-likeness (QED) is 0.397. The predicted octanol–water partition coefficient (Wildman–Crippen LogP) is 3.68. The van der Waals surface area contributed by atoms with Gasteiger partial charge in [-0.1, -0.05) is 18.1 Å². The van der Waals surface area contributed by atoms with Crippen LogP contribution in [0, 0.1) is 19.8 Å². The molecule has 3 aromatic rings. The number of ether oxygens (including phenoxy) is 1. The Labute approximate surface area is 228 Å². The minimum absolute atomic E-state index is 0.0693. The van der Waals surface area contributed by atoms with Crippen molar-refractivity contribution in [2.24, 2.45) is 5.92 Å². The van der Waals surface area contributed by atoms with Gasteiger partial charge in [0, 0.05) is 37.9 Å². The van der Waals surface area contributed by atoms with E-state index in [1.165, 1.54) is 0 Å². The monoisotopic (exact) mass is 536 g/mol. The minimum atomic E-state index is -0.518. The molecule has 0 aliphatic carbocycles. The third-order valence-electron chi connectivity index (χ3n) is 6.90. The van der Waals surface area contributed by atoms with Crippen molar-refractivity contribution in [3.8, 4) is 5.75 Å². The number of fused-ring (bicyclic) bond motifs is 1. The number of para-hydroxylation sites is 1. The Morgan fingerprint density at radius 1 is 1.23 bits per heavy atom. The Balaban J connectivity index is 1.64. The number of anilines is 2. The van der Waals surface area contributed by atoms with Gasteiger partial charge in [0.1, 0.15) is 17.5 Å². The molecule has 0 spiro atoms. The molecule has 3 amide bonds. The number of hydrogen-bond acceptors (Lipinski definition) is 8. The number of likely N-dealkylation sites (N-methyl/N-ethyl adjacent to an activating group) is 1. The topological polar surface area (TPSA) is 133 Å². The third-order valence-corrected chi connectivity index (χ3v) is 6.90. The maximum Gasteiger partial charge on any atom is 0.323 e. The van der Waals surface area contributed by atoms with Crippen LogP contribution in [0.5, 0.6) is 5.75 Å². The summed E-state index contributed by atoms with van der Waals surface area (Å²) in [6, 6.07) is 8.11. The summed E-state index contributed by atoms with van der Waals surface area (Å²) >= 11 is 0. The van der Waals surface area contributed by atoms with Gasteiger partial charge < -0.3 is 29.9 Å². The molecule has 39 heavy (non-hydrogen) atoms. The van der Waals surface area contributed by atoms with Crippen LogP contribution >= 0.6 is 0 Å². The number of amides is 3. The largest absolute Gasteiger partial charge is 0.486 e. The van der Waals surface area contributed by atoms with Gasteiger partial charge in [-0.05, 0) is 57.6 Å². The highest BCUT2D eigenvalue weighted by Crippen LogP contribution is 2.35. The van der Waals surface area contributed by atoms with Crippen molar-refractivity contribution in [2.45, 2.75) is 46.4 Å². The van der Waals surface area contributed by atoms with Gasteiger partial charge in [0.05, 0.1) is 23.9 Å². The molecule has 3 heterocycles. The fourth-order valence-corrected chi connectivity index (χ4v) is 4.66. The van der Waals surface area contributed by atoms with E-state index in [1.807, 2.05) is 33.0 Å². The lowest BCUT2D eigenvalue weighted by Gasteiger charge is -2.38. The van der Waals surface area contributed by atoms with Gasteiger partial charge in [-0.15, -0.1) is 0 Å². The average molecular weight is 537 g/mol. The number of aliphatic hydroxyl groups excluding tert-OH is 1. The zero-order valence-corrected chi connectivity index (χ0v) is 23.0. The van der Waals surface area contributed by atoms with Crippen molar-refractivity contribution in [2.75, 3.05) is 37.4 Å². The molecule has 0 unspecified atom stereocenters. The van der Waals surface area contributed by atoms with Crippen molar-refractivity contribution < 1.29 is 24.0 Å². The van der Waals surface area contributed by atoms with Crippen molar-refractivity contribution in [1.29, 1.82) is 0 Å². The number of carbonyl (C=O) groups excluding carboxylic acids is 2. The van der Waals surface area contributed by atoms with Crippen LogP contribution in [-0.2, 0) is 6.54 Å². The van der Waals surface area contributed by atoms with Crippen LogP contribution in [-0.4, -0.2) is 75.9 Å². The lowest BCUT2D eigenvalue weighted by molar-refractivity contribution is 0.0343. The summed E-state index contributed by atoms with van der Waals surface area (Å²) in [6.07, 6.45) is 3.21. The first-order chi connectivity index (χ1) is 18.7. The molecule has 2 aromatic heterocycles. The molecule has 0 saturated carbocycles. The fraction of sp³-hybridized carbons (Fsp3) is 0.429. The zero-order valence-electron chi connectivity index (χ0n) is 23.0. The highest BCUT2D eigenvalue weighted by molar-refractivity contribution is 6.04. The van der Waals surface area contributed by atoms with E-state index >= 15 is 0 Å². The van der Waals surface area contributed by atoms with Crippen LogP contribution in [0.3, 0.4) is 0 Å². The molecule has 3 N–H and O–H groups in total. The second kappa shape index (κ2) is 12.3. The Morgan fingerprint density at radius 2 is 1.97 bits per heavy atom. The van der Waals surface area contributed by atoms with Crippen molar-refractivity contribution in [3.05, 3.63) is 65.3 Å². The molecule has 0 radical (unpaired) electrons. The van der Waals surface area contributed by atoms with Crippen molar-refractivity contribution >= 4 is 23.3 Å². The SMILES string of the molecule is Cc1noc(C)c1NC(=O)Nc1cccc2c1O[C@H](CN(C)Cc1ccncc1)[C@@H](C)CN([C@@H](C)CO)C2=O. The van der Waals surface area contributed by atoms with Gasteiger partial charge in [0.25, 0.3) is 5.91 Å². The maximum atomic E-state index is 13.7. The van der Waals surface area contributed by atoms with Gasteiger partial charge in [0.15, 0.2) is 11.5 Å². The fourth-order valence-electron chi connectivity index (χ4n) is 4.66. The van der Waals surface area contributed by atoms with E-state index in [-0.39, 0.29) is 30.6 Å². The molecular formula is C28H36N6O5. The maximum absolute atomic E-state index is 13.7. The molecule has 0 bridgehead atoms. The van der Waals surface area contributed by atoms with Crippen LogP contribution in [0.1, 0.15) is 41.2 Å². The normalized spacial score (nSPS) is 18.1. The van der Waals surface area contributed by atoms with Crippen molar-refractivity contribution in [1.82, 2.24) is 19.9 Å². The number of benzene rings is 1. The number of rotatable bonds is 8. The summed E-state index contributed by atoms with van der Waals surface area (Å²) in [5.74, 6) is 0.439. The zero-order chi connectivity index (χ0) is 28.1. The number of aliphatic hydroxyl groups is 1. The molecule has 11 nitrogen and oxygen atoms in total. The van der Waals surface area contributed by atoms with Crippen LogP contribution in [0.25, 0.3) is 0 Å². The van der Waals surface area contributed by atoms with Gasteiger partial charge in [-0.25, -0.2) is 4.79 Å². The standard InChI is InChI=1S/C28H36N6O5/c1-17-13-34(18(2)16-35)27(36)22-7-6-8-23(30-28(37)31-25-19(3)32-39-20(25)4)26(22)38-24(17)15-33(5)14-21-9-11-29-12-10-21/h6-12,17-18,24,35H,13-16H2,1-5H3,(H2,30,31,37)/t17-,18-,24+/m0/s1. The van der Waals surface area contributed by atoms with Crippen LogP contribution in [0.2, 0.25) is 0 Å². The molecule has 4 rings (SSSR count). The average Bonchev–Trinajstić information content (AvgIpc) is 3.23. The summed E-state index contributed by atoms with van der Waals surface area (Å²) in [4.78, 5) is 34.5.